The van der Waals surface area contributed by atoms with Gasteiger partial charge in [0.1, 0.15) is 29.6 Å². The number of esters is 1. The second kappa shape index (κ2) is 10.2. The van der Waals surface area contributed by atoms with E-state index in [1.165, 1.54) is 12.0 Å². The van der Waals surface area contributed by atoms with E-state index in [2.05, 4.69) is 4.98 Å². The minimum absolute atomic E-state index is 0.122. The molecule has 5 rings (SSSR count). The number of amides is 1. The Balaban J connectivity index is 1.67. The zero-order valence-corrected chi connectivity index (χ0v) is 21.7. The molecule has 196 valence electrons. The van der Waals surface area contributed by atoms with Gasteiger partial charge in [0.25, 0.3) is 5.78 Å². The van der Waals surface area contributed by atoms with Gasteiger partial charge in [0.05, 0.1) is 31.0 Å². The van der Waals surface area contributed by atoms with Crippen molar-refractivity contribution in [2.45, 2.75) is 19.9 Å². The molecular formula is C27H24N2O8S. The van der Waals surface area contributed by atoms with Gasteiger partial charge in [0.2, 0.25) is 0 Å². The van der Waals surface area contributed by atoms with Gasteiger partial charge in [-0.1, -0.05) is 23.5 Å². The summed E-state index contributed by atoms with van der Waals surface area (Å²) in [4.78, 5) is 44.9. The first-order valence-corrected chi connectivity index (χ1v) is 12.6. The molecule has 1 fully saturated rings. The van der Waals surface area contributed by atoms with Gasteiger partial charge in [-0.2, -0.15) is 0 Å². The Morgan fingerprint density at radius 3 is 2.53 bits per heavy atom. The molecule has 0 radical (unpaired) electrons. The quantitative estimate of drug-likeness (QED) is 0.215. The number of ketones is 1. The van der Waals surface area contributed by atoms with Crippen molar-refractivity contribution in [3.63, 3.8) is 0 Å². The van der Waals surface area contributed by atoms with Crippen LogP contribution in [0.25, 0.3) is 5.76 Å². The number of hydrogen-bond donors (Lipinski definition) is 1. The Morgan fingerprint density at radius 1 is 1.13 bits per heavy atom. The molecular weight excluding hydrogens is 512 g/mol. The Hall–Kier alpha value is -4.38. The topological polar surface area (TPSA) is 124 Å². The molecule has 2 aliphatic rings. The third-order valence-electron chi connectivity index (χ3n) is 6.13. The van der Waals surface area contributed by atoms with Gasteiger partial charge in [0.15, 0.2) is 16.6 Å². The van der Waals surface area contributed by atoms with Gasteiger partial charge in [-0.05, 0) is 49.7 Å². The van der Waals surface area contributed by atoms with Gasteiger partial charge < -0.3 is 24.1 Å². The van der Waals surface area contributed by atoms with E-state index in [-0.39, 0.29) is 26.9 Å². The number of ether oxygens (including phenoxy) is 4. The monoisotopic (exact) mass is 536 g/mol. The molecule has 0 bridgehead atoms. The lowest BCUT2D eigenvalue weighted by molar-refractivity contribution is -0.132. The van der Waals surface area contributed by atoms with Crippen molar-refractivity contribution in [3.05, 3.63) is 69.7 Å². The summed E-state index contributed by atoms with van der Waals surface area (Å²) < 4.78 is 21.5. The van der Waals surface area contributed by atoms with Crippen molar-refractivity contribution in [3.8, 4) is 17.2 Å². The molecule has 11 heteroatoms. The fraction of sp³-hybridized carbons (Fsp3) is 0.259. The predicted octanol–water partition coefficient (Wildman–Crippen LogP) is 4.03. The van der Waals surface area contributed by atoms with Crippen LogP contribution >= 0.6 is 11.3 Å². The second-order valence-electron chi connectivity index (χ2n) is 8.43. The molecule has 0 aliphatic carbocycles. The molecule has 1 N–H and O–H groups in total. The summed E-state index contributed by atoms with van der Waals surface area (Å²) in [6.45, 7) is 4.70. The number of aliphatic hydroxyl groups excluding tert-OH is 1. The summed E-state index contributed by atoms with van der Waals surface area (Å²) in [7, 11) is 1.25. The van der Waals surface area contributed by atoms with Crippen LogP contribution in [0.1, 0.15) is 39.5 Å². The summed E-state index contributed by atoms with van der Waals surface area (Å²) in [5, 5.41) is 11.5. The van der Waals surface area contributed by atoms with E-state index in [9.17, 15) is 19.5 Å². The summed E-state index contributed by atoms with van der Waals surface area (Å²) in [6.07, 6.45) is 0. The lowest BCUT2D eigenvalue weighted by atomic mass is 9.95. The smallest absolute Gasteiger partial charge is 0.350 e. The first-order valence-electron chi connectivity index (χ1n) is 11.8. The van der Waals surface area contributed by atoms with Crippen LogP contribution in [0.3, 0.4) is 0 Å². The standard InChI is InChI=1S/C27H24N2O8S/c1-4-35-17-8-5-15(6-9-17)21-20(22(30)16-7-10-18-19(13-16)37-12-11-36-18)23(31)25(32)29(21)27-28-14(2)24(38-27)26(33)34-3/h5-10,13,21,30H,4,11-12H2,1-3H3/b22-20+. The molecule has 1 unspecified atom stereocenters. The number of fused-ring (bicyclic) bond motifs is 1. The number of Topliss-reactive ketones (excluding diaryl/α,β-unsaturated/α-hetero) is 1. The van der Waals surface area contributed by atoms with E-state index in [1.54, 1.807) is 49.4 Å². The minimum atomic E-state index is -1.02. The van der Waals surface area contributed by atoms with Crippen LogP contribution in [0.5, 0.6) is 17.2 Å². The van der Waals surface area contributed by atoms with Crippen molar-refractivity contribution in [1.82, 2.24) is 4.98 Å². The number of aromatic nitrogens is 1. The second-order valence-corrected chi connectivity index (χ2v) is 9.41. The molecule has 1 aromatic heterocycles. The number of aliphatic hydroxyl groups is 1. The van der Waals surface area contributed by atoms with E-state index in [0.29, 0.717) is 48.3 Å². The Bertz CT molecular complexity index is 1460. The molecule has 0 saturated carbocycles. The predicted molar refractivity (Wildman–Crippen MR) is 138 cm³/mol. The van der Waals surface area contributed by atoms with Crippen molar-refractivity contribution in [2.24, 2.45) is 0 Å². The van der Waals surface area contributed by atoms with Crippen LogP contribution in [0.15, 0.2) is 48.0 Å². The first-order chi connectivity index (χ1) is 18.3. The number of methoxy groups -OCH3 is 1. The summed E-state index contributed by atoms with van der Waals surface area (Å²) >= 11 is 0.935. The lowest BCUT2D eigenvalue weighted by Crippen LogP contribution is -2.29. The van der Waals surface area contributed by atoms with Gasteiger partial charge >= 0.3 is 11.9 Å². The van der Waals surface area contributed by atoms with Crippen LogP contribution in [-0.2, 0) is 14.3 Å². The molecule has 38 heavy (non-hydrogen) atoms. The third-order valence-corrected chi connectivity index (χ3v) is 7.27. The van der Waals surface area contributed by atoms with Crippen molar-refractivity contribution >= 4 is 39.9 Å². The van der Waals surface area contributed by atoms with Crippen LogP contribution in [0, 0.1) is 6.92 Å². The summed E-state index contributed by atoms with van der Waals surface area (Å²) in [6, 6.07) is 10.6. The fourth-order valence-corrected chi connectivity index (χ4v) is 5.38. The largest absolute Gasteiger partial charge is 0.507 e. The van der Waals surface area contributed by atoms with E-state index < -0.39 is 23.7 Å². The third kappa shape index (κ3) is 4.34. The van der Waals surface area contributed by atoms with Gasteiger partial charge in [-0.3, -0.25) is 14.5 Å². The van der Waals surface area contributed by atoms with Crippen molar-refractivity contribution in [2.75, 3.05) is 31.8 Å². The number of aryl methyl sites for hydroxylation is 1. The Morgan fingerprint density at radius 2 is 1.84 bits per heavy atom. The molecule has 1 saturated heterocycles. The van der Waals surface area contributed by atoms with E-state index in [4.69, 9.17) is 18.9 Å². The highest BCUT2D eigenvalue weighted by Crippen LogP contribution is 2.45. The van der Waals surface area contributed by atoms with E-state index >= 15 is 0 Å². The number of thiazole rings is 1. The lowest BCUT2D eigenvalue weighted by Gasteiger charge is -2.23. The van der Waals surface area contributed by atoms with Crippen LogP contribution in [0.4, 0.5) is 5.13 Å². The van der Waals surface area contributed by atoms with Gasteiger partial charge in [0, 0.05) is 5.56 Å². The van der Waals surface area contributed by atoms with E-state index in [1.807, 2.05) is 6.92 Å². The zero-order chi connectivity index (χ0) is 27.0. The number of rotatable bonds is 6. The average molecular weight is 537 g/mol. The van der Waals surface area contributed by atoms with Crippen LogP contribution < -0.4 is 19.1 Å². The van der Waals surface area contributed by atoms with Crippen molar-refractivity contribution in [1.29, 1.82) is 0 Å². The van der Waals surface area contributed by atoms with Gasteiger partial charge in [-0.15, -0.1) is 0 Å². The molecule has 1 amide bonds. The molecule has 2 aliphatic heterocycles. The molecule has 0 spiro atoms. The number of carbonyl (C=O) groups is 3. The highest BCUT2D eigenvalue weighted by Gasteiger charge is 2.48. The number of carbonyl (C=O) groups excluding carboxylic acids is 3. The Kier molecular flexibility index (Phi) is 6.77. The van der Waals surface area contributed by atoms with Crippen LogP contribution in [-0.4, -0.2) is 54.7 Å². The van der Waals surface area contributed by atoms with Gasteiger partial charge in [-0.25, -0.2) is 9.78 Å². The Labute approximate surface area is 222 Å². The maximum absolute atomic E-state index is 13.4. The summed E-state index contributed by atoms with van der Waals surface area (Å²) in [5.41, 5.74) is 1.06. The zero-order valence-electron chi connectivity index (χ0n) is 20.8. The summed E-state index contributed by atoms with van der Waals surface area (Å²) in [5.74, 6) is -1.19. The maximum Gasteiger partial charge on any atom is 0.350 e. The van der Waals surface area contributed by atoms with E-state index in [0.717, 1.165) is 11.3 Å². The number of nitrogens with zero attached hydrogens (tertiary/aromatic N) is 2. The number of anilines is 1. The molecule has 3 aromatic rings. The minimum Gasteiger partial charge on any atom is -0.507 e. The highest BCUT2D eigenvalue weighted by atomic mass is 32.1. The maximum atomic E-state index is 13.4. The molecule has 3 heterocycles. The number of benzene rings is 2. The SMILES string of the molecule is CCOc1ccc(C2/C(=C(\O)c3ccc4c(c3)OCCO4)C(=O)C(=O)N2c2nc(C)c(C(=O)OC)s2)cc1. The van der Waals surface area contributed by atoms with Crippen LogP contribution in [0.2, 0.25) is 0 Å². The molecule has 10 nitrogen and oxygen atoms in total. The fourth-order valence-electron chi connectivity index (χ4n) is 4.37. The van der Waals surface area contributed by atoms with Crippen molar-refractivity contribution < 1.29 is 38.4 Å². The molecule has 1 atom stereocenters. The first kappa shape index (κ1) is 25.3. The molecule has 2 aromatic carbocycles. The highest BCUT2D eigenvalue weighted by molar-refractivity contribution is 7.17. The average Bonchev–Trinajstić information content (AvgIpc) is 3.44. The normalized spacial score (nSPS) is 18.0. The number of hydrogen-bond acceptors (Lipinski definition) is 10.